The largest absolute Gasteiger partial charge is 0.383 e. The first-order chi connectivity index (χ1) is 8.66. The van der Waals surface area contributed by atoms with Gasteiger partial charge in [-0.1, -0.05) is 5.21 Å². The predicted octanol–water partition coefficient (Wildman–Crippen LogP) is -0.176. The van der Waals surface area contributed by atoms with E-state index in [2.05, 4.69) is 20.6 Å². The molecule has 0 saturated heterocycles. The van der Waals surface area contributed by atoms with E-state index in [-0.39, 0.29) is 11.4 Å². The molecule has 0 saturated carbocycles. The second-order valence-electron chi connectivity index (χ2n) is 3.51. The summed E-state index contributed by atoms with van der Waals surface area (Å²) in [5, 5.41) is 9.95. The maximum Gasteiger partial charge on any atom is 0.255 e. The van der Waals surface area contributed by atoms with Gasteiger partial charge in [0.25, 0.3) is 5.91 Å². The van der Waals surface area contributed by atoms with Crippen molar-refractivity contribution in [3.8, 4) is 0 Å². The Hall–Kier alpha value is -2.51. The van der Waals surface area contributed by atoms with Crippen LogP contribution in [0.4, 0.5) is 10.2 Å². The van der Waals surface area contributed by atoms with E-state index < -0.39 is 11.7 Å². The van der Waals surface area contributed by atoms with Crippen molar-refractivity contribution in [3.63, 3.8) is 0 Å². The van der Waals surface area contributed by atoms with Crippen LogP contribution in [0.1, 0.15) is 10.4 Å². The lowest BCUT2D eigenvalue weighted by atomic mass is 10.2. The lowest BCUT2D eigenvalue weighted by Gasteiger charge is -2.06. The first-order valence-electron chi connectivity index (χ1n) is 5.20. The zero-order chi connectivity index (χ0) is 13.0. The monoisotopic (exact) mass is 250 g/mol. The van der Waals surface area contributed by atoms with E-state index in [0.29, 0.717) is 13.1 Å². The van der Waals surface area contributed by atoms with Crippen molar-refractivity contribution < 1.29 is 9.18 Å². The molecule has 0 aliphatic carbocycles. The summed E-state index contributed by atoms with van der Waals surface area (Å²) >= 11 is 0. The smallest absolute Gasteiger partial charge is 0.255 e. The number of rotatable bonds is 4. The Morgan fingerprint density at radius 3 is 3.11 bits per heavy atom. The van der Waals surface area contributed by atoms with Gasteiger partial charge in [-0.25, -0.2) is 9.37 Å². The van der Waals surface area contributed by atoms with E-state index in [1.54, 1.807) is 10.9 Å². The number of nitrogen functional groups attached to an aromatic ring is 1. The number of carbonyl (C=O) groups excluding carboxylic acids is 1. The number of amides is 1. The minimum atomic E-state index is -0.606. The summed E-state index contributed by atoms with van der Waals surface area (Å²) in [6.45, 7) is 0.798. The Balaban J connectivity index is 1.93. The topological polar surface area (TPSA) is 98.7 Å². The highest BCUT2D eigenvalue weighted by atomic mass is 19.1. The van der Waals surface area contributed by atoms with Crippen molar-refractivity contribution in [2.45, 2.75) is 6.54 Å². The summed E-state index contributed by atoms with van der Waals surface area (Å²) < 4.78 is 14.5. The molecule has 3 N–H and O–H groups in total. The van der Waals surface area contributed by atoms with E-state index >= 15 is 0 Å². The predicted molar refractivity (Wildman–Crippen MR) is 61.0 cm³/mol. The fraction of sp³-hybridized carbons (Fsp3) is 0.200. The number of nitrogens with two attached hydrogens (primary N) is 1. The highest BCUT2D eigenvalue weighted by Gasteiger charge is 2.11. The van der Waals surface area contributed by atoms with Crippen LogP contribution in [0.15, 0.2) is 24.7 Å². The SMILES string of the molecule is Nc1ncc(F)cc1C(=O)NCCn1ccnn1. The number of hydrogen-bond donors (Lipinski definition) is 2. The maximum atomic E-state index is 12.9. The third-order valence-electron chi connectivity index (χ3n) is 2.23. The van der Waals surface area contributed by atoms with Gasteiger partial charge in [0.1, 0.15) is 11.6 Å². The van der Waals surface area contributed by atoms with Crippen LogP contribution in [0, 0.1) is 5.82 Å². The molecular weight excluding hydrogens is 239 g/mol. The van der Waals surface area contributed by atoms with Crippen molar-refractivity contribution in [2.75, 3.05) is 12.3 Å². The van der Waals surface area contributed by atoms with Crippen LogP contribution in [-0.4, -0.2) is 32.4 Å². The standard InChI is InChI=1S/C10H11FN6O/c11-7-5-8(9(12)14-6-7)10(18)13-1-3-17-4-2-15-16-17/h2,4-6H,1,3H2,(H2,12,14)(H,13,18). The van der Waals surface area contributed by atoms with Gasteiger partial charge in [0.2, 0.25) is 0 Å². The molecule has 0 fully saturated rings. The van der Waals surface area contributed by atoms with Gasteiger partial charge in [-0.05, 0) is 6.07 Å². The Labute approximate surface area is 102 Å². The molecule has 0 aliphatic heterocycles. The molecule has 0 unspecified atom stereocenters. The highest BCUT2D eigenvalue weighted by Crippen LogP contribution is 2.09. The second-order valence-corrected chi connectivity index (χ2v) is 3.51. The Bertz CT molecular complexity index is 541. The van der Waals surface area contributed by atoms with Crippen molar-refractivity contribution in [2.24, 2.45) is 0 Å². The molecule has 7 nitrogen and oxygen atoms in total. The average molecular weight is 250 g/mol. The van der Waals surface area contributed by atoms with Gasteiger partial charge in [0.15, 0.2) is 0 Å². The number of aromatic nitrogens is 4. The van der Waals surface area contributed by atoms with E-state index in [4.69, 9.17) is 5.73 Å². The lowest BCUT2D eigenvalue weighted by molar-refractivity contribution is 0.0952. The molecule has 1 amide bonds. The minimum Gasteiger partial charge on any atom is -0.383 e. The van der Waals surface area contributed by atoms with Crippen molar-refractivity contribution >= 4 is 11.7 Å². The minimum absolute atomic E-state index is 0.00495. The van der Waals surface area contributed by atoms with E-state index in [1.807, 2.05) is 0 Å². The van der Waals surface area contributed by atoms with Gasteiger partial charge in [-0.2, -0.15) is 0 Å². The zero-order valence-electron chi connectivity index (χ0n) is 9.38. The molecule has 0 aromatic carbocycles. The highest BCUT2D eigenvalue weighted by molar-refractivity contribution is 5.98. The zero-order valence-corrected chi connectivity index (χ0v) is 9.38. The van der Waals surface area contributed by atoms with E-state index in [1.165, 1.54) is 6.20 Å². The summed E-state index contributed by atoms with van der Waals surface area (Å²) in [6, 6.07) is 1.05. The number of carbonyl (C=O) groups is 1. The fourth-order valence-corrected chi connectivity index (χ4v) is 1.36. The summed E-state index contributed by atoms with van der Waals surface area (Å²) in [5.74, 6) is -1.08. The first kappa shape index (κ1) is 12.0. The molecule has 0 atom stereocenters. The van der Waals surface area contributed by atoms with Crippen LogP contribution in [-0.2, 0) is 6.54 Å². The van der Waals surface area contributed by atoms with Gasteiger partial charge >= 0.3 is 0 Å². The number of hydrogen-bond acceptors (Lipinski definition) is 5. The second kappa shape index (κ2) is 5.21. The molecule has 0 radical (unpaired) electrons. The molecule has 2 aromatic heterocycles. The molecule has 8 heteroatoms. The van der Waals surface area contributed by atoms with Crippen LogP contribution in [0.5, 0.6) is 0 Å². The summed E-state index contributed by atoms with van der Waals surface area (Å²) in [4.78, 5) is 15.3. The third-order valence-corrected chi connectivity index (χ3v) is 2.23. The summed E-state index contributed by atoms with van der Waals surface area (Å²) in [5.41, 5.74) is 5.51. The number of nitrogens with one attached hydrogen (secondary N) is 1. The quantitative estimate of drug-likeness (QED) is 0.784. The van der Waals surface area contributed by atoms with Crippen LogP contribution < -0.4 is 11.1 Å². The van der Waals surface area contributed by atoms with Gasteiger partial charge in [-0.3, -0.25) is 9.48 Å². The third kappa shape index (κ3) is 2.78. The van der Waals surface area contributed by atoms with Gasteiger partial charge in [-0.15, -0.1) is 5.10 Å². The van der Waals surface area contributed by atoms with Crippen LogP contribution in [0.3, 0.4) is 0 Å². The molecule has 0 aliphatic rings. The molecule has 2 aromatic rings. The van der Waals surface area contributed by atoms with Crippen LogP contribution in [0.2, 0.25) is 0 Å². The van der Waals surface area contributed by atoms with E-state index in [9.17, 15) is 9.18 Å². The Kier molecular flexibility index (Phi) is 3.46. The van der Waals surface area contributed by atoms with Crippen molar-refractivity contribution in [3.05, 3.63) is 36.0 Å². The number of nitrogens with zero attached hydrogens (tertiary/aromatic N) is 4. The molecule has 2 heterocycles. The molecule has 94 valence electrons. The maximum absolute atomic E-state index is 12.9. The van der Waals surface area contributed by atoms with Gasteiger partial charge < -0.3 is 11.1 Å². The summed E-state index contributed by atoms with van der Waals surface area (Å²) in [6.07, 6.45) is 4.17. The number of anilines is 1. The average Bonchev–Trinajstić information content (AvgIpc) is 2.85. The Morgan fingerprint density at radius 1 is 1.56 bits per heavy atom. The normalized spacial score (nSPS) is 10.3. The molecule has 0 spiro atoms. The van der Waals surface area contributed by atoms with Crippen molar-refractivity contribution in [1.82, 2.24) is 25.3 Å². The van der Waals surface area contributed by atoms with Crippen LogP contribution in [0.25, 0.3) is 0 Å². The van der Waals surface area contributed by atoms with E-state index in [0.717, 1.165) is 12.3 Å². The van der Waals surface area contributed by atoms with Crippen molar-refractivity contribution in [1.29, 1.82) is 0 Å². The Morgan fingerprint density at radius 2 is 2.39 bits per heavy atom. The number of halogens is 1. The van der Waals surface area contributed by atoms with Crippen LogP contribution >= 0.6 is 0 Å². The molecule has 18 heavy (non-hydrogen) atoms. The lowest BCUT2D eigenvalue weighted by Crippen LogP contribution is -2.28. The van der Waals surface area contributed by atoms with Gasteiger partial charge in [0.05, 0.1) is 24.5 Å². The summed E-state index contributed by atoms with van der Waals surface area (Å²) in [7, 11) is 0. The molecule has 0 bridgehead atoms. The van der Waals surface area contributed by atoms with Gasteiger partial charge in [0, 0.05) is 12.7 Å². The fourth-order valence-electron chi connectivity index (χ4n) is 1.36. The molecule has 2 rings (SSSR count). The molecular formula is C10H11FN6O. The number of pyridine rings is 1. The first-order valence-corrected chi connectivity index (χ1v) is 5.20.